The zero-order valence-electron chi connectivity index (χ0n) is 10.1. The van der Waals surface area contributed by atoms with Crippen molar-refractivity contribution in [2.75, 3.05) is 23.1 Å². The Balaban J connectivity index is 2.89. The first kappa shape index (κ1) is 13.5. The number of sulfone groups is 1. The third-order valence-electron chi connectivity index (χ3n) is 2.28. The molecule has 0 radical (unpaired) electrons. The summed E-state index contributed by atoms with van der Waals surface area (Å²) in [6.45, 7) is 3.62. The molecule has 3 N–H and O–H groups in total. The second kappa shape index (κ2) is 4.75. The van der Waals surface area contributed by atoms with E-state index in [1.165, 1.54) is 0 Å². The maximum absolute atomic E-state index is 11.5. The van der Waals surface area contributed by atoms with Crippen LogP contribution >= 0.6 is 0 Å². The average molecular weight is 256 g/mol. The van der Waals surface area contributed by atoms with Gasteiger partial charge < -0.3 is 11.1 Å². The van der Waals surface area contributed by atoms with Crippen molar-refractivity contribution in [3.05, 3.63) is 23.3 Å². The molecule has 1 amide bonds. The van der Waals surface area contributed by atoms with Gasteiger partial charge in [-0.25, -0.2) is 8.42 Å². The number of nitrogens with one attached hydrogen (secondary N) is 1. The predicted molar refractivity (Wildman–Crippen MR) is 68.7 cm³/mol. The van der Waals surface area contributed by atoms with E-state index in [0.717, 1.165) is 17.4 Å². The highest BCUT2D eigenvalue weighted by Crippen LogP contribution is 2.21. The minimum Gasteiger partial charge on any atom is -0.399 e. The molecule has 0 atom stereocenters. The van der Waals surface area contributed by atoms with Crippen LogP contribution in [0.4, 0.5) is 11.4 Å². The molecule has 1 aromatic carbocycles. The van der Waals surface area contributed by atoms with E-state index in [1.807, 2.05) is 6.92 Å². The van der Waals surface area contributed by atoms with Gasteiger partial charge in [0.05, 0.1) is 0 Å². The highest BCUT2D eigenvalue weighted by Gasteiger charge is 2.12. The lowest BCUT2D eigenvalue weighted by Crippen LogP contribution is -2.22. The van der Waals surface area contributed by atoms with E-state index in [1.54, 1.807) is 19.1 Å². The maximum atomic E-state index is 11.5. The number of rotatable bonds is 3. The highest BCUT2D eigenvalue weighted by atomic mass is 32.2. The Bertz CT molecular complexity index is 550. The number of carbonyl (C=O) groups is 1. The van der Waals surface area contributed by atoms with Crippen molar-refractivity contribution in [3.8, 4) is 0 Å². The van der Waals surface area contributed by atoms with E-state index in [-0.39, 0.29) is 0 Å². The average Bonchev–Trinajstić information content (AvgIpc) is 2.11. The van der Waals surface area contributed by atoms with Crippen molar-refractivity contribution in [2.24, 2.45) is 0 Å². The van der Waals surface area contributed by atoms with Gasteiger partial charge in [0.1, 0.15) is 5.75 Å². The minimum absolute atomic E-state index is 0.518. The fraction of sp³-hybridized carbons (Fsp3) is 0.364. The smallest absolute Gasteiger partial charge is 0.239 e. The van der Waals surface area contributed by atoms with E-state index in [4.69, 9.17) is 5.73 Å². The highest BCUT2D eigenvalue weighted by molar-refractivity contribution is 7.91. The first-order valence-corrected chi connectivity index (χ1v) is 7.09. The third-order valence-corrected chi connectivity index (χ3v) is 3.07. The van der Waals surface area contributed by atoms with E-state index in [0.29, 0.717) is 11.4 Å². The Morgan fingerprint density at radius 2 is 1.88 bits per heavy atom. The Kier molecular flexibility index (Phi) is 3.77. The molecular weight excluding hydrogens is 240 g/mol. The number of aryl methyl sites for hydroxylation is 2. The summed E-state index contributed by atoms with van der Waals surface area (Å²) in [4.78, 5) is 11.5. The number of hydrogen-bond acceptors (Lipinski definition) is 4. The Hall–Kier alpha value is -1.56. The number of amides is 1. The molecule has 6 heteroatoms. The zero-order valence-corrected chi connectivity index (χ0v) is 10.9. The summed E-state index contributed by atoms with van der Waals surface area (Å²) < 4.78 is 21.9. The molecule has 17 heavy (non-hydrogen) atoms. The monoisotopic (exact) mass is 256 g/mol. The van der Waals surface area contributed by atoms with Gasteiger partial charge in [0.25, 0.3) is 0 Å². The molecule has 0 aliphatic heterocycles. The van der Waals surface area contributed by atoms with E-state index >= 15 is 0 Å². The first-order chi connectivity index (χ1) is 7.69. The molecular formula is C11H16N2O3S. The second-order valence-corrected chi connectivity index (χ2v) is 6.28. The van der Waals surface area contributed by atoms with Gasteiger partial charge >= 0.3 is 0 Å². The van der Waals surface area contributed by atoms with Gasteiger partial charge in [-0.15, -0.1) is 0 Å². The van der Waals surface area contributed by atoms with Crippen molar-refractivity contribution >= 4 is 27.1 Å². The molecule has 94 valence electrons. The lowest BCUT2D eigenvalue weighted by molar-refractivity contribution is -0.113. The van der Waals surface area contributed by atoms with Gasteiger partial charge in [-0.1, -0.05) is 0 Å². The molecule has 0 aliphatic carbocycles. The van der Waals surface area contributed by atoms with Crippen molar-refractivity contribution in [1.29, 1.82) is 0 Å². The number of nitrogens with two attached hydrogens (primary N) is 1. The van der Waals surface area contributed by atoms with Crippen LogP contribution < -0.4 is 11.1 Å². The molecule has 0 saturated heterocycles. The van der Waals surface area contributed by atoms with Gasteiger partial charge in [0.2, 0.25) is 5.91 Å². The molecule has 0 heterocycles. The molecule has 0 spiro atoms. The molecule has 0 unspecified atom stereocenters. The van der Waals surface area contributed by atoms with Crippen LogP contribution in [0, 0.1) is 13.8 Å². The van der Waals surface area contributed by atoms with E-state index < -0.39 is 21.5 Å². The lowest BCUT2D eigenvalue weighted by Gasteiger charge is -2.10. The zero-order chi connectivity index (χ0) is 13.2. The number of carbonyl (C=O) groups excluding carboxylic acids is 1. The van der Waals surface area contributed by atoms with Crippen molar-refractivity contribution in [2.45, 2.75) is 13.8 Å². The lowest BCUT2D eigenvalue weighted by atomic mass is 10.1. The van der Waals surface area contributed by atoms with Gasteiger partial charge in [0, 0.05) is 17.6 Å². The quantitative estimate of drug-likeness (QED) is 0.785. The van der Waals surface area contributed by atoms with Crippen LogP contribution in [0.25, 0.3) is 0 Å². The summed E-state index contributed by atoms with van der Waals surface area (Å²) in [5.41, 5.74) is 8.58. The molecule has 5 nitrogen and oxygen atoms in total. The molecule has 0 aromatic heterocycles. The number of nitrogen functional groups attached to an aromatic ring is 1. The number of anilines is 2. The molecule has 1 aromatic rings. The van der Waals surface area contributed by atoms with Crippen LogP contribution in [0.1, 0.15) is 11.1 Å². The molecule has 1 rings (SSSR count). The Labute approximate surface area is 101 Å². The fourth-order valence-electron chi connectivity index (χ4n) is 1.40. The van der Waals surface area contributed by atoms with Crippen molar-refractivity contribution in [3.63, 3.8) is 0 Å². The van der Waals surface area contributed by atoms with Gasteiger partial charge in [0.15, 0.2) is 9.84 Å². The maximum Gasteiger partial charge on any atom is 0.239 e. The summed E-state index contributed by atoms with van der Waals surface area (Å²) in [7, 11) is -3.31. The summed E-state index contributed by atoms with van der Waals surface area (Å²) in [5, 5.41) is 2.56. The van der Waals surface area contributed by atoms with Crippen molar-refractivity contribution in [1.82, 2.24) is 0 Å². The normalized spacial score (nSPS) is 11.2. The summed E-state index contributed by atoms with van der Waals surface area (Å²) in [5.74, 6) is -1.06. The molecule has 0 aliphatic rings. The third kappa shape index (κ3) is 4.07. The van der Waals surface area contributed by atoms with E-state index in [2.05, 4.69) is 5.32 Å². The molecule has 0 saturated carbocycles. The van der Waals surface area contributed by atoms with Gasteiger partial charge in [-0.2, -0.15) is 0 Å². The minimum atomic E-state index is -3.31. The predicted octanol–water partition coefficient (Wildman–Crippen LogP) is 0.869. The van der Waals surface area contributed by atoms with Gasteiger partial charge in [-0.05, 0) is 37.1 Å². The van der Waals surface area contributed by atoms with Crippen LogP contribution in [0.5, 0.6) is 0 Å². The molecule has 0 bridgehead atoms. The first-order valence-electron chi connectivity index (χ1n) is 5.03. The Morgan fingerprint density at radius 3 is 2.41 bits per heavy atom. The van der Waals surface area contributed by atoms with Gasteiger partial charge in [-0.3, -0.25) is 4.79 Å². The van der Waals surface area contributed by atoms with Crippen LogP contribution in [-0.4, -0.2) is 26.3 Å². The number of hydrogen-bond donors (Lipinski definition) is 2. The summed E-state index contributed by atoms with van der Waals surface area (Å²) in [6, 6.07) is 3.47. The summed E-state index contributed by atoms with van der Waals surface area (Å²) >= 11 is 0. The fourth-order valence-corrected chi connectivity index (χ4v) is 1.95. The van der Waals surface area contributed by atoms with Crippen LogP contribution in [-0.2, 0) is 14.6 Å². The summed E-state index contributed by atoms with van der Waals surface area (Å²) in [6.07, 6.45) is 1.02. The van der Waals surface area contributed by atoms with Crippen LogP contribution in [0.3, 0.4) is 0 Å². The second-order valence-electron chi connectivity index (χ2n) is 4.14. The topological polar surface area (TPSA) is 89.3 Å². The SMILES string of the molecule is Cc1cc(NC(=O)CS(C)(=O)=O)c(C)cc1N. The van der Waals surface area contributed by atoms with Crippen LogP contribution in [0.2, 0.25) is 0 Å². The molecule has 0 fully saturated rings. The standard InChI is InChI=1S/C11H16N2O3S/c1-7-5-10(8(2)4-9(7)12)13-11(14)6-17(3,15)16/h4-5H,6,12H2,1-3H3,(H,13,14). The van der Waals surface area contributed by atoms with Crippen molar-refractivity contribution < 1.29 is 13.2 Å². The number of benzene rings is 1. The van der Waals surface area contributed by atoms with E-state index in [9.17, 15) is 13.2 Å². The Morgan fingerprint density at radius 1 is 1.29 bits per heavy atom. The van der Waals surface area contributed by atoms with Crippen LogP contribution in [0.15, 0.2) is 12.1 Å². The largest absolute Gasteiger partial charge is 0.399 e.